The van der Waals surface area contributed by atoms with E-state index in [0.29, 0.717) is 18.7 Å². The van der Waals surface area contributed by atoms with Crippen molar-refractivity contribution in [3.63, 3.8) is 0 Å². The second kappa shape index (κ2) is 10.6. The maximum absolute atomic E-state index is 10.1. The second-order valence-corrected chi connectivity index (χ2v) is 7.13. The number of methoxy groups -OCH3 is 2. The zero-order chi connectivity index (χ0) is 21.3. The molecule has 7 heteroatoms. The van der Waals surface area contributed by atoms with E-state index >= 15 is 0 Å². The van der Waals surface area contributed by atoms with E-state index in [1.54, 1.807) is 20.3 Å². The molecule has 0 atom stereocenters. The molecule has 0 radical (unpaired) electrons. The molecule has 1 aliphatic heterocycles. The lowest BCUT2D eigenvalue weighted by molar-refractivity contribution is 0.367. The van der Waals surface area contributed by atoms with Crippen molar-refractivity contribution in [3.8, 4) is 17.2 Å². The fourth-order valence-electron chi connectivity index (χ4n) is 3.64. The fourth-order valence-corrected chi connectivity index (χ4v) is 3.64. The highest BCUT2D eigenvalue weighted by Gasteiger charge is 2.21. The molecule has 0 spiro atoms. The van der Waals surface area contributed by atoms with Crippen LogP contribution in [-0.4, -0.2) is 69.5 Å². The molecule has 0 saturated carbocycles. The van der Waals surface area contributed by atoms with Gasteiger partial charge in [-0.3, -0.25) is 4.99 Å². The van der Waals surface area contributed by atoms with Gasteiger partial charge < -0.3 is 29.7 Å². The number of para-hydroxylation sites is 2. The third-order valence-corrected chi connectivity index (χ3v) is 5.28. The first-order chi connectivity index (χ1) is 14.7. The van der Waals surface area contributed by atoms with E-state index in [1.807, 2.05) is 30.3 Å². The summed E-state index contributed by atoms with van der Waals surface area (Å²) in [5, 5.41) is 13.5. The number of hydrogen-bond acceptors (Lipinski definition) is 5. The number of aromatic hydroxyl groups is 1. The number of benzene rings is 2. The summed E-state index contributed by atoms with van der Waals surface area (Å²) in [6.07, 6.45) is 0.673. The number of piperazine rings is 1. The molecule has 0 aliphatic carbocycles. The zero-order valence-corrected chi connectivity index (χ0v) is 18.1. The monoisotopic (exact) mass is 412 g/mol. The van der Waals surface area contributed by atoms with Crippen LogP contribution in [-0.2, 0) is 6.42 Å². The van der Waals surface area contributed by atoms with E-state index in [9.17, 15) is 5.11 Å². The lowest BCUT2D eigenvalue weighted by Crippen LogP contribution is -2.52. The van der Waals surface area contributed by atoms with Crippen molar-refractivity contribution in [2.24, 2.45) is 4.99 Å². The Morgan fingerprint density at radius 1 is 1.07 bits per heavy atom. The SMILES string of the molecule is CCNC(=NCCc1ccc(OC)cc1O)N1CCN(c2ccccc2OC)CC1. The van der Waals surface area contributed by atoms with Crippen molar-refractivity contribution in [2.45, 2.75) is 13.3 Å². The van der Waals surface area contributed by atoms with Crippen molar-refractivity contribution in [1.82, 2.24) is 10.2 Å². The van der Waals surface area contributed by atoms with Crippen LogP contribution in [0.4, 0.5) is 5.69 Å². The quantitative estimate of drug-likeness (QED) is 0.538. The van der Waals surface area contributed by atoms with Crippen LogP contribution < -0.4 is 19.7 Å². The fraction of sp³-hybridized carbons (Fsp3) is 0.435. The summed E-state index contributed by atoms with van der Waals surface area (Å²) in [7, 11) is 3.31. The Morgan fingerprint density at radius 3 is 2.50 bits per heavy atom. The Balaban J connectivity index is 1.60. The van der Waals surface area contributed by atoms with E-state index < -0.39 is 0 Å². The van der Waals surface area contributed by atoms with E-state index in [0.717, 1.165) is 55.7 Å². The van der Waals surface area contributed by atoms with Crippen LogP contribution >= 0.6 is 0 Å². The van der Waals surface area contributed by atoms with E-state index in [2.05, 4.69) is 28.1 Å². The average Bonchev–Trinajstić information content (AvgIpc) is 2.79. The normalized spacial score (nSPS) is 14.6. The molecule has 1 aliphatic rings. The highest BCUT2D eigenvalue weighted by molar-refractivity contribution is 5.80. The first-order valence-corrected chi connectivity index (χ1v) is 10.4. The minimum Gasteiger partial charge on any atom is -0.508 e. The summed E-state index contributed by atoms with van der Waals surface area (Å²) < 4.78 is 10.7. The molecule has 0 unspecified atom stereocenters. The number of nitrogens with zero attached hydrogens (tertiary/aromatic N) is 3. The van der Waals surface area contributed by atoms with Crippen LogP contribution in [0.1, 0.15) is 12.5 Å². The highest BCUT2D eigenvalue weighted by atomic mass is 16.5. The van der Waals surface area contributed by atoms with Gasteiger partial charge in [0.15, 0.2) is 5.96 Å². The molecule has 2 N–H and O–H groups in total. The molecule has 0 aromatic heterocycles. The first-order valence-electron chi connectivity index (χ1n) is 10.4. The number of nitrogens with one attached hydrogen (secondary N) is 1. The molecule has 1 heterocycles. The third kappa shape index (κ3) is 5.28. The molecule has 0 amide bonds. The van der Waals surface area contributed by atoms with Gasteiger partial charge in [-0.15, -0.1) is 0 Å². The minimum absolute atomic E-state index is 0.250. The number of aliphatic imine (C=N–C) groups is 1. The van der Waals surface area contributed by atoms with Crippen molar-refractivity contribution in [1.29, 1.82) is 0 Å². The van der Waals surface area contributed by atoms with Gasteiger partial charge in [0.2, 0.25) is 0 Å². The molecule has 2 aromatic carbocycles. The van der Waals surface area contributed by atoms with Crippen molar-refractivity contribution >= 4 is 11.6 Å². The number of phenols is 1. The molecule has 3 rings (SSSR count). The van der Waals surface area contributed by atoms with E-state index in [1.165, 1.54) is 0 Å². The Bertz CT molecular complexity index is 848. The number of rotatable bonds is 7. The lowest BCUT2D eigenvalue weighted by atomic mass is 10.1. The molecular formula is C23H32N4O3. The molecule has 162 valence electrons. The molecular weight excluding hydrogens is 380 g/mol. The number of anilines is 1. The zero-order valence-electron chi connectivity index (χ0n) is 18.1. The smallest absolute Gasteiger partial charge is 0.194 e. The van der Waals surface area contributed by atoms with E-state index in [-0.39, 0.29) is 5.75 Å². The third-order valence-electron chi connectivity index (χ3n) is 5.28. The van der Waals surface area contributed by atoms with Crippen LogP contribution in [0.25, 0.3) is 0 Å². The summed E-state index contributed by atoms with van der Waals surface area (Å²) in [6.45, 7) is 7.09. The van der Waals surface area contributed by atoms with Crippen molar-refractivity contribution < 1.29 is 14.6 Å². The van der Waals surface area contributed by atoms with Crippen molar-refractivity contribution in [3.05, 3.63) is 48.0 Å². The van der Waals surface area contributed by atoms with Crippen molar-refractivity contribution in [2.75, 3.05) is 58.4 Å². The molecule has 0 bridgehead atoms. The largest absolute Gasteiger partial charge is 0.508 e. The first kappa shape index (κ1) is 21.6. The van der Waals surface area contributed by atoms with Gasteiger partial charge in [-0.05, 0) is 37.1 Å². The number of phenolic OH excluding ortho intramolecular Hbond substituents is 1. The number of hydrogen-bond donors (Lipinski definition) is 2. The van der Waals surface area contributed by atoms with Crippen LogP contribution in [0, 0.1) is 0 Å². The van der Waals surface area contributed by atoms with Crippen LogP contribution in [0.5, 0.6) is 17.2 Å². The molecule has 2 aromatic rings. The van der Waals surface area contributed by atoms with Gasteiger partial charge in [-0.1, -0.05) is 18.2 Å². The Hall–Kier alpha value is -3.09. The summed E-state index contributed by atoms with van der Waals surface area (Å²) in [5.41, 5.74) is 2.01. The lowest BCUT2D eigenvalue weighted by Gasteiger charge is -2.38. The number of ether oxygens (including phenoxy) is 2. The van der Waals surface area contributed by atoms with Gasteiger partial charge in [0.1, 0.15) is 17.2 Å². The molecule has 1 saturated heterocycles. The van der Waals surface area contributed by atoms with Gasteiger partial charge in [0.25, 0.3) is 0 Å². The van der Waals surface area contributed by atoms with Crippen LogP contribution in [0.15, 0.2) is 47.5 Å². The van der Waals surface area contributed by atoms with E-state index in [4.69, 9.17) is 14.5 Å². The topological polar surface area (TPSA) is 69.6 Å². The molecule has 30 heavy (non-hydrogen) atoms. The number of guanidine groups is 1. The second-order valence-electron chi connectivity index (χ2n) is 7.13. The Kier molecular flexibility index (Phi) is 7.65. The van der Waals surface area contributed by atoms with Crippen LogP contribution in [0.3, 0.4) is 0 Å². The molecule has 7 nitrogen and oxygen atoms in total. The predicted molar refractivity (Wildman–Crippen MR) is 121 cm³/mol. The maximum atomic E-state index is 10.1. The average molecular weight is 413 g/mol. The van der Waals surface area contributed by atoms with Gasteiger partial charge in [-0.2, -0.15) is 0 Å². The highest BCUT2D eigenvalue weighted by Crippen LogP contribution is 2.28. The molecule has 1 fully saturated rings. The summed E-state index contributed by atoms with van der Waals surface area (Å²) in [4.78, 5) is 9.44. The minimum atomic E-state index is 0.250. The Labute approximate surface area is 178 Å². The maximum Gasteiger partial charge on any atom is 0.194 e. The Morgan fingerprint density at radius 2 is 1.83 bits per heavy atom. The van der Waals surface area contributed by atoms with Gasteiger partial charge in [0, 0.05) is 45.3 Å². The van der Waals surface area contributed by atoms with Gasteiger partial charge in [-0.25, -0.2) is 0 Å². The summed E-state index contributed by atoms with van der Waals surface area (Å²) in [6, 6.07) is 13.5. The predicted octanol–water partition coefficient (Wildman–Crippen LogP) is 2.74. The van der Waals surface area contributed by atoms with Gasteiger partial charge in [0.05, 0.1) is 19.9 Å². The summed E-state index contributed by atoms with van der Waals surface area (Å²) in [5.74, 6) is 2.73. The van der Waals surface area contributed by atoms with Gasteiger partial charge >= 0.3 is 0 Å². The standard InChI is InChI=1S/C23H32N4O3/c1-4-24-23(25-12-11-18-9-10-19(29-2)17-21(18)28)27-15-13-26(14-16-27)20-7-5-6-8-22(20)30-3/h5-10,17,28H,4,11-16H2,1-3H3,(H,24,25). The summed E-state index contributed by atoms with van der Waals surface area (Å²) >= 11 is 0. The van der Waals surface area contributed by atoms with Crippen LogP contribution in [0.2, 0.25) is 0 Å².